The molecule has 2 aromatic rings. The first kappa shape index (κ1) is 14.9. The summed E-state index contributed by atoms with van der Waals surface area (Å²) in [5, 5.41) is 1.90. The molecule has 22 heavy (non-hydrogen) atoms. The molecule has 2 aromatic carbocycles. The molecule has 1 fully saturated rings. The number of ketones is 1. The van der Waals surface area contributed by atoms with E-state index in [0.717, 1.165) is 24.9 Å². The van der Waals surface area contributed by atoms with Crippen LogP contribution in [0.15, 0.2) is 60.7 Å². The van der Waals surface area contributed by atoms with Gasteiger partial charge in [0.15, 0.2) is 5.78 Å². The van der Waals surface area contributed by atoms with E-state index in [1.54, 1.807) is 0 Å². The molecule has 3 nitrogen and oxygen atoms in total. The molecule has 2 N–H and O–H groups in total. The molecular formula is C19H22N2O. The lowest BCUT2D eigenvalue weighted by Gasteiger charge is -2.36. The first-order valence-corrected chi connectivity index (χ1v) is 7.88. The first-order valence-electron chi connectivity index (χ1n) is 7.88. The van der Waals surface area contributed by atoms with E-state index in [1.807, 2.05) is 53.5 Å². The lowest BCUT2D eigenvalue weighted by molar-refractivity contribution is 0.0822. The van der Waals surface area contributed by atoms with E-state index in [-0.39, 0.29) is 11.8 Å². The molecule has 1 saturated heterocycles. The van der Waals surface area contributed by atoms with Gasteiger partial charge in [0, 0.05) is 24.6 Å². The lowest BCUT2D eigenvalue weighted by atomic mass is 9.86. The van der Waals surface area contributed by atoms with Crippen molar-refractivity contribution in [1.29, 1.82) is 0 Å². The second kappa shape index (κ2) is 6.86. The van der Waals surface area contributed by atoms with Crippen LogP contribution in [0.3, 0.4) is 0 Å². The molecular weight excluding hydrogens is 272 g/mol. The SMILES string of the molecule is NN1CC(CC(=O)c2ccccc2)CCC1c1ccccc1. The summed E-state index contributed by atoms with van der Waals surface area (Å²) in [7, 11) is 0. The number of hydrogen-bond donors (Lipinski definition) is 1. The smallest absolute Gasteiger partial charge is 0.163 e. The maximum absolute atomic E-state index is 12.3. The third kappa shape index (κ3) is 3.43. The Bertz CT molecular complexity index is 612. The minimum Gasteiger partial charge on any atom is -0.294 e. The monoisotopic (exact) mass is 294 g/mol. The fraction of sp³-hybridized carbons (Fsp3) is 0.316. The Labute approximate surface area is 131 Å². The number of benzene rings is 2. The summed E-state index contributed by atoms with van der Waals surface area (Å²) in [6, 6.07) is 20.2. The van der Waals surface area contributed by atoms with Gasteiger partial charge in [-0.15, -0.1) is 0 Å². The quantitative estimate of drug-likeness (QED) is 0.692. The maximum atomic E-state index is 12.3. The Hall–Kier alpha value is -1.97. The molecule has 1 heterocycles. The number of nitrogens with zero attached hydrogens (tertiary/aromatic N) is 1. The Morgan fingerprint density at radius 3 is 2.27 bits per heavy atom. The Kier molecular flexibility index (Phi) is 4.66. The molecule has 0 aliphatic carbocycles. The highest BCUT2D eigenvalue weighted by molar-refractivity contribution is 5.96. The number of carbonyl (C=O) groups is 1. The van der Waals surface area contributed by atoms with E-state index in [1.165, 1.54) is 5.56 Å². The van der Waals surface area contributed by atoms with Crippen LogP contribution in [0.4, 0.5) is 0 Å². The van der Waals surface area contributed by atoms with Crippen LogP contribution >= 0.6 is 0 Å². The molecule has 0 amide bonds. The van der Waals surface area contributed by atoms with Gasteiger partial charge in [-0.05, 0) is 24.3 Å². The van der Waals surface area contributed by atoms with Gasteiger partial charge in [0.05, 0.1) is 0 Å². The van der Waals surface area contributed by atoms with Crippen LogP contribution in [-0.4, -0.2) is 17.3 Å². The zero-order valence-electron chi connectivity index (χ0n) is 12.7. The van der Waals surface area contributed by atoms with Gasteiger partial charge in [-0.3, -0.25) is 10.6 Å². The summed E-state index contributed by atoms with van der Waals surface area (Å²) < 4.78 is 0. The predicted octanol–water partition coefficient (Wildman–Crippen LogP) is 3.59. The molecule has 1 aliphatic rings. The first-order chi connectivity index (χ1) is 10.7. The standard InChI is InChI=1S/C19H22N2O/c20-21-14-15(13-19(22)17-9-5-2-6-10-17)11-12-18(21)16-7-3-1-4-8-16/h1-10,15,18H,11-14,20H2. The molecule has 0 spiro atoms. The molecule has 0 radical (unpaired) electrons. The Morgan fingerprint density at radius 1 is 1.00 bits per heavy atom. The van der Waals surface area contributed by atoms with Crippen LogP contribution < -0.4 is 5.84 Å². The number of piperidine rings is 1. The van der Waals surface area contributed by atoms with Crippen LogP contribution in [0, 0.1) is 5.92 Å². The number of hydrazine groups is 1. The van der Waals surface area contributed by atoms with E-state index in [4.69, 9.17) is 5.84 Å². The minimum absolute atomic E-state index is 0.220. The van der Waals surface area contributed by atoms with Crippen LogP contribution in [0.2, 0.25) is 0 Å². The fourth-order valence-electron chi connectivity index (χ4n) is 3.28. The van der Waals surface area contributed by atoms with Crippen molar-refractivity contribution in [1.82, 2.24) is 5.01 Å². The largest absolute Gasteiger partial charge is 0.294 e. The zero-order chi connectivity index (χ0) is 15.4. The van der Waals surface area contributed by atoms with Crippen LogP contribution in [0.1, 0.15) is 41.2 Å². The summed E-state index contributed by atoms with van der Waals surface area (Å²) in [5.41, 5.74) is 2.06. The fourth-order valence-corrected chi connectivity index (χ4v) is 3.28. The third-order valence-electron chi connectivity index (χ3n) is 4.47. The van der Waals surface area contributed by atoms with E-state index >= 15 is 0 Å². The zero-order valence-corrected chi connectivity index (χ0v) is 12.7. The van der Waals surface area contributed by atoms with E-state index in [9.17, 15) is 4.79 Å². The second-order valence-corrected chi connectivity index (χ2v) is 6.06. The van der Waals surface area contributed by atoms with Gasteiger partial charge >= 0.3 is 0 Å². The molecule has 114 valence electrons. The molecule has 0 bridgehead atoms. The number of hydrogen-bond acceptors (Lipinski definition) is 3. The number of carbonyl (C=O) groups excluding carboxylic acids is 1. The van der Waals surface area contributed by atoms with Gasteiger partial charge in [0.1, 0.15) is 0 Å². The van der Waals surface area contributed by atoms with Crippen molar-refractivity contribution in [2.75, 3.05) is 6.54 Å². The van der Waals surface area contributed by atoms with E-state index in [2.05, 4.69) is 12.1 Å². The van der Waals surface area contributed by atoms with Crippen molar-refractivity contribution < 1.29 is 4.79 Å². The maximum Gasteiger partial charge on any atom is 0.163 e. The van der Waals surface area contributed by atoms with Crippen molar-refractivity contribution in [2.24, 2.45) is 11.8 Å². The van der Waals surface area contributed by atoms with Gasteiger partial charge < -0.3 is 0 Å². The van der Waals surface area contributed by atoms with Gasteiger partial charge in [-0.25, -0.2) is 5.01 Å². The van der Waals surface area contributed by atoms with E-state index in [0.29, 0.717) is 12.3 Å². The molecule has 2 unspecified atom stereocenters. The van der Waals surface area contributed by atoms with Crippen molar-refractivity contribution >= 4 is 5.78 Å². The van der Waals surface area contributed by atoms with Gasteiger partial charge in [-0.2, -0.15) is 0 Å². The van der Waals surface area contributed by atoms with Crippen molar-refractivity contribution in [3.8, 4) is 0 Å². The molecule has 3 rings (SSSR count). The van der Waals surface area contributed by atoms with Crippen LogP contribution in [0.25, 0.3) is 0 Å². The summed E-state index contributed by atoms with van der Waals surface area (Å²) in [5.74, 6) is 6.80. The number of rotatable bonds is 4. The van der Waals surface area contributed by atoms with Gasteiger partial charge in [0.25, 0.3) is 0 Å². The normalized spacial score (nSPS) is 22.4. The van der Waals surface area contributed by atoms with Gasteiger partial charge in [0.2, 0.25) is 0 Å². The summed E-state index contributed by atoms with van der Waals surface area (Å²) in [4.78, 5) is 12.3. The molecule has 0 saturated carbocycles. The number of Topliss-reactive ketones (excluding diaryl/α,β-unsaturated/α-hetero) is 1. The lowest BCUT2D eigenvalue weighted by Crippen LogP contribution is -2.43. The van der Waals surface area contributed by atoms with Crippen molar-refractivity contribution in [3.05, 3.63) is 71.8 Å². The van der Waals surface area contributed by atoms with Crippen LogP contribution in [-0.2, 0) is 0 Å². The predicted molar refractivity (Wildman–Crippen MR) is 88.2 cm³/mol. The summed E-state index contributed by atoms with van der Waals surface area (Å²) in [6.45, 7) is 0.776. The summed E-state index contributed by atoms with van der Waals surface area (Å²) >= 11 is 0. The van der Waals surface area contributed by atoms with Gasteiger partial charge in [-0.1, -0.05) is 60.7 Å². The second-order valence-electron chi connectivity index (χ2n) is 6.06. The highest BCUT2D eigenvalue weighted by Gasteiger charge is 2.28. The molecule has 0 aromatic heterocycles. The molecule has 1 aliphatic heterocycles. The molecule has 3 heteroatoms. The topological polar surface area (TPSA) is 46.3 Å². The third-order valence-corrected chi connectivity index (χ3v) is 4.47. The van der Waals surface area contributed by atoms with Crippen molar-refractivity contribution in [2.45, 2.75) is 25.3 Å². The minimum atomic E-state index is 0.220. The average Bonchev–Trinajstić information content (AvgIpc) is 2.56. The van der Waals surface area contributed by atoms with E-state index < -0.39 is 0 Å². The average molecular weight is 294 g/mol. The molecule has 2 atom stereocenters. The Balaban J connectivity index is 1.60. The highest BCUT2D eigenvalue weighted by atomic mass is 16.1. The highest BCUT2D eigenvalue weighted by Crippen LogP contribution is 2.32. The van der Waals surface area contributed by atoms with Crippen LogP contribution in [0.5, 0.6) is 0 Å². The number of nitrogens with two attached hydrogens (primary N) is 1. The summed E-state index contributed by atoms with van der Waals surface area (Å²) in [6.07, 6.45) is 2.64. The Morgan fingerprint density at radius 2 is 1.64 bits per heavy atom. The van der Waals surface area contributed by atoms with Crippen molar-refractivity contribution in [3.63, 3.8) is 0 Å².